The van der Waals surface area contributed by atoms with Crippen molar-refractivity contribution in [2.75, 3.05) is 0 Å². The van der Waals surface area contributed by atoms with Gasteiger partial charge in [-0.15, -0.1) is 0 Å². The summed E-state index contributed by atoms with van der Waals surface area (Å²) in [6.45, 7) is 1.90. The van der Waals surface area contributed by atoms with Crippen molar-refractivity contribution < 1.29 is 9.13 Å². The van der Waals surface area contributed by atoms with Gasteiger partial charge in [-0.3, -0.25) is 0 Å². The second-order valence-corrected chi connectivity index (χ2v) is 5.21. The van der Waals surface area contributed by atoms with Crippen molar-refractivity contribution in [2.45, 2.75) is 6.92 Å². The van der Waals surface area contributed by atoms with Gasteiger partial charge in [0.25, 0.3) is 0 Å². The van der Waals surface area contributed by atoms with E-state index in [0.29, 0.717) is 22.5 Å². The van der Waals surface area contributed by atoms with Crippen LogP contribution in [0.3, 0.4) is 0 Å². The summed E-state index contributed by atoms with van der Waals surface area (Å²) in [4.78, 5) is 12.5. The molecule has 0 saturated heterocycles. The van der Waals surface area contributed by atoms with Crippen molar-refractivity contribution >= 4 is 33.5 Å². The van der Waals surface area contributed by atoms with Gasteiger partial charge in [0.05, 0.1) is 10.9 Å². The second kappa shape index (κ2) is 5.28. The molecule has 6 heteroatoms. The second-order valence-electron chi connectivity index (χ2n) is 4.18. The SMILES string of the molecule is Cc1ccc(Oc2ncnc3ccc(F)cc23)c(I)n1. The minimum absolute atomic E-state index is 0.318. The van der Waals surface area contributed by atoms with Crippen LogP contribution in [-0.2, 0) is 0 Å². The molecule has 0 spiro atoms. The molecule has 0 bridgehead atoms. The first-order chi connectivity index (χ1) is 9.63. The van der Waals surface area contributed by atoms with E-state index in [1.165, 1.54) is 18.5 Å². The lowest BCUT2D eigenvalue weighted by Crippen LogP contribution is -1.95. The number of aromatic nitrogens is 3. The summed E-state index contributed by atoms with van der Waals surface area (Å²) in [6.07, 6.45) is 1.39. The molecule has 0 atom stereocenters. The third-order valence-corrected chi connectivity index (χ3v) is 3.49. The van der Waals surface area contributed by atoms with Crippen LogP contribution in [0.1, 0.15) is 5.69 Å². The Morgan fingerprint density at radius 3 is 2.80 bits per heavy atom. The number of ether oxygens (including phenoxy) is 1. The molecule has 0 aliphatic rings. The number of hydrogen-bond donors (Lipinski definition) is 0. The third-order valence-electron chi connectivity index (χ3n) is 2.72. The van der Waals surface area contributed by atoms with Gasteiger partial charge in [-0.05, 0) is 59.8 Å². The van der Waals surface area contributed by atoms with Crippen LogP contribution < -0.4 is 4.74 Å². The molecular formula is C14H9FIN3O. The average molecular weight is 381 g/mol. The van der Waals surface area contributed by atoms with Gasteiger partial charge >= 0.3 is 0 Å². The maximum absolute atomic E-state index is 13.4. The molecule has 0 radical (unpaired) electrons. The molecular weight excluding hydrogens is 372 g/mol. The summed E-state index contributed by atoms with van der Waals surface area (Å²) < 4.78 is 19.8. The highest BCUT2D eigenvalue weighted by atomic mass is 127. The van der Waals surface area contributed by atoms with E-state index >= 15 is 0 Å². The molecule has 2 aromatic heterocycles. The van der Waals surface area contributed by atoms with E-state index in [4.69, 9.17) is 4.74 Å². The molecule has 0 amide bonds. The van der Waals surface area contributed by atoms with Gasteiger partial charge < -0.3 is 4.74 Å². The zero-order chi connectivity index (χ0) is 14.1. The minimum Gasteiger partial charge on any atom is -0.435 e. The van der Waals surface area contributed by atoms with E-state index in [9.17, 15) is 4.39 Å². The Morgan fingerprint density at radius 2 is 2.00 bits per heavy atom. The molecule has 0 unspecified atom stereocenters. The number of fused-ring (bicyclic) bond motifs is 1. The van der Waals surface area contributed by atoms with Gasteiger partial charge in [-0.2, -0.15) is 0 Å². The van der Waals surface area contributed by atoms with E-state index in [1.807, 2.05) is 19.1 Å². The molecule has 0 saturated carbocycles. The predicted molar refractivity (Wildman–Crippen MR) is 81.3 cm³/mol. The van der Waals surface area contributed by atoms with Gasteiger partial charge in [0, 0.05) is 5.69 Å². The summed E-state index contributed by atoms with van der Waals surface area (Å²) in [5.41, 5.74) is 1.53. The number of pyridine rings is 1. The summed E-state index contributed by atoms with van der Waals surface area (Å²) >= 11 is 2.09. The van der Waals surface area contributed by atoms with Crippen LogP contribution in [0.25, 0.3) is 10.9 Å². The first-order valence-corrected chi connectivity index (χ1v) is 6.92. The predicted octanol–water partition coefficient (Wildman–Crippen LogP) is 3.87. The summed E-state index contributed by atoms with van der Waals surface area (Å²) in [6, 6.07) is 7.98. The lowest BCUT2D eigenvalue weighted by atomic mass is 10.2. The normalized spacial score (nSPS) is 10.8. The van der Waals surface area contributed by atoms with E-state index < -0.39 is 0 Å². The van der Waals surface area contributed by atoms with Gasteiger partial charge in [-0.25, -0.2) is 19.3 Å². The number of nitrogens with zero attached hydrogens (tertiary/aromatic N) is 3. The molecule has 3 rings (SSSR count). The molecule has 1 aromatic carbocycles. The number of aryl methyl sites for hydroxylation is 1. The van der Waals surface area contributed by atoms with Crippen LogP contribution in [0.15, 0.2) is 36.7 Å². The van der Waals surface area contributed by atoms with Gasteiger partial charge in [-0.1, -0.05) is 0 Å². The Labute approximate surface area is 128 Å². The van der Waals surface area contributed by atoms with Crippen molar-refractivity contribution in [1.82, 2.24) is 15.0 Å². The Bertz CT molecular complexity index is 794. The van der Waals surface area contributed by atoms with Crippen LogP contribution in [0.2, 0.25) is 0 Å². The molecule has 3 aromatic rings. The fraction of sp³-hybridized carbons (Fsp3) is 0.0714. The lowest BCUT2D eigenvalue weighted by molar-refractivity contribution is 0.461. The summed E-state index contributed by atoms with van der Waals surface area (Å²) in [5, 5.41) is 0.531. The monoisotopic (exact) mass is 381 g/mol. The molecule has 2 heterocycles. The molecule has 0 aliphatic carbocycles. The first kappa shape index (κ1) is 13.2. The van der Waals surface area contributed by atoms with Crippen molar-refractivity contribution in [1.29, 1.82) is 0 Å². The van der Waals surface area contributed by atoms with Gasteiger partial charge in [0.2, 0.25) is 5.88 Å². The molecule has 0 aliphatic heterocycles. The van der Waals surface area contributed by atoms with Crippen molar-refractivity contribution in [3.05, 3.63) is 51.9 Å². The number of rotatable bonds is 2. The van der Waals surface area contributed by atoms with Crippen LogP contribution in [-0.4, -0.2) is 15.0 Å². The van der Waals surface area contributed by atoms with Crippen LogP contribution in [0.5, 0.6) is 11.6 Å². The molecule has 4 nitrogen and oxygen atoms in total. The van der Waals surface area contributed by atoms with Crippen LogP contribution in [0.4, 0.5) is 4.39 Å². The first-order valence-electron chi connectivity index (χ1n) is 5.85. The lowest BCUT2D eigenvalue weighted by Gasteiger charge is -2.08. The largest absolute Gasteiger partial charge is 0.435 e. The molecule has 0 fully saturated rings. The van der Waals surface area contributed by atoms with E-state index in [0.717, 1.165) is 9.39 Å². The summed E-state index contributed by atoms with van der Waals surface area (Å²) in [5.74, 6) is 0.549. The molecule has 100 valence electrons. The third kappa shape index (κ3) is 2.55. The van der Waals surface area contributed by atoms with E-state index in [1.54, 1.807) is 6.07 Å². The zero-order valence-electron chi connectivity index (χ0n) is 10.5. The fourth-order valence-corrected chi connectivity index (χ4v) is 2.45. The van der Waals surface area contributed by atoms with Crippen molar-refractivity contribution in [3.63, 3.8) is 0 Å². The highest BCUT2D eigenvalue weighted by Crippen LogP contribution is 2.29. The van der Waals surface area contributed by atoms with Crippen LogP contribution in [0, 0.1) is 16.4 Å². The maximum Gasteiger partial charge on any atom is 0.230 e. The minimum atomic E-state index is -0.353. The average Bonchev–Trinajstić information content (AvgIpc) is 2.42. The standard InChI is InChI=1S/C14H9FIN3O/c1-8-2-5-12(13(16)19-8)20-14-10-6-9(15)3-4-11(10)17-7-18-14/h2-7H,1H3. The Kier molecular flexibility index (Phi) is 3.47. The summed E-state index contributed by atoms with van der Waals surface area (Å²) in [7, 11) is 0. The van der Waals surface area contributed by atoms with Crippen molar-refractivity contribution in [3.8, 4) is 11.6 Å². The van der Waals surface area contributed by atoms with Crippen molar-refractivity contribution in [2.24, 2.45) is 0 Å². The maximum atomic E-state index is 13.4. The van der Waals surface area contributed by atoms with Gasteiger partial charge in [0.15, 0.2) is 5.75 Å². The fourth-order valence-electron chi connectivity index (χ4n) is 1.78. The van der Waals surface area contributed by atoms with Crippen LogP contribution >= 0.6 is 22.6 Å². The highest BCUT2D eigenvalue weighted by molar-refractivity contribution is 14.1. The topological polar surface area (TPSA) is 47.9 Å². The smallest absolute Gasteiger partial charge is 0.230 e. The van der Waals surface area contributed by atoms with Gasteiger partial charge in [0.1, 0.15) is 15.8 Å². The van der Waals surface area contributed by atoms with E-state index in [-0.39, 0.29) is 5.82 Å². The number of hydrogen-bond acceptors (Lipinski definition) is 4. The highest BCUT2D eigenvalue weighted by Gasteiger charge is 2.10. The molecule has 0 N–H and O–H groups in total. The quantitative estimate of drug-likeness (QED) is 0.500. The zero-order valence-corrected chi connectivity index (χ0v) is 12.6. The molecule has 20 heavy (non-hydrogen) atoms. The Hall–Kier alpha value is -1.83. The Morgan fingerprint density at radius 1 is 1.15 bits per heavy atom. The number of halogens is 2. The number of benzene rings is 1. The Balaban J connectivity index is 2.08. The van der Waals surface area contributed by atoms with E-state index in [2.05, 4.69) is 37.5 Å².